The summed E-state index contributed by atoms with van der Waals surface area (Å²) < 4.78 is 53.4. The molecule has 1 aliphatic rings. The molecule has 1 saturated heterocycles. The van der Waals surface area contributed by atoms with E-state index in [1.807, 2.05) is 0 Å². The van der Waals surface area contributed by atoms with E-state index in [2.05, 4.69) is 25.3 Å². The molecule has 0 saturated carbocycles. The average Bonchev–Trinajstić information content (AvgIpc) is 3.29. The fourth-order valence-electron chi connectivity index (χ4n) is 3.49. The number of fused-ring (bicyclic) bond motifs is 2. The second-order valence-corrected chi connectivity index (χ2v) is 7.92. The second-order valence-electron chi connectivity index (χ2n) is 7.92. The first kappa shape index (κ1) is 22.0. The van der Waals surface area contributed by atoms with E-state index in [-0.39, 0.29) is 37.3 Å². The predicted octanol–water partition coefficient (Wildman–Crippen LogP) is 2.85. The average molecular weight is 477 g/mol. The minimum absolute atomic E-state index is 0.0199. The maximum absolute atomic E-state index is 12.5. The topological polar surface area (TPSA) is 124 Å². The van der Waals surface area contributed by atoms with Crippen molar-refractivity contribution in [3.05, 3.63) is 42.0 Å². The number of aryl methyl sites for hydroxylation is 1. The van der Waals surface area contributed by atoms with Gasteiger partial charge < -0.3 is 28.9 Å². The van der Waals surface area contributed by atoms with Crippen LogP contribution in [-0.2, 0) is 11.8 Å². The number of aromatic nitrogens is 3. The van der Waals surface area contributed by atoms with E-state index >= 15 is 0 Å². The lowest BCUT2D eigenvalue weighted by atomic mass is 10.0. The van der Waals surface area contributed by atoms with Gasteiger partial charge >= 0.3 is 12.4 Å². The van der Waals surface area contributed by atoms with Gasteiger partial charge in [-0.25, -0.2) is 4.98 Å². The van der Waals surface area contributed by atoms with Crippen LogP contribution in [0.2, 0.25) is 0 Å². The molecule has 2 aromatic heterocycles. The number of amides is 1. The van der Waals surface area contributed by atoms with Gasteiger partial charge in [0.1, 0.15) is 16.9 Å². The largest absolute Gasteiger partial charge is 0.573 e. The van der Waals surface area contributed by atoms with Gasteiger partial charge in [0.05, 0.1) is 30.8 Å². The van der Waals surface area contributed by atoms with E-state index in [1.165, 1.54) is 6.07 Å². The number of anilines is 2. The number of oxazole rings is 1. The molecule has 4 aromatic rings. The molecule has 34 heavy (non-hydrogen) atoms. The SMILES string of the molecule is Cn1c(Nc2nc3ccc(OC(F)(F)F)cc3o2)nc2cc(C(=O)NCC3(O)COC3)ccc21. The molecule has 10 nitrogen and oxygen atoms in total. The number of hydrogen-bond acceptors (Lipinski definition) is 8. The number of nitrogens with one attached hydrogen (secondary N) is 2. The summed E-state index contributed by atoms with van der Waals surface area (Å²) in [6.45, 7) is 0.425. The Hall–Kier alpha value is -3.84. The Balaban J connectivity index is 1.35. The molecule has 0 radical (unpaired) electrons. The Kier molecular flexibility index (Phi) is 5.10. The first-order chi connectivity index (χ1) is 16.1. The van der Waals surface area contributed by atoms with Crippen molar-refractivity contribution in [3.8, 4) is 5.75 Å². The molecule has 0 aliphatic carbocycles. The lowest BCUT2D eigenvalue weighted by molar-refractivity contribution is -0.274. The maximum Gasteiger partial charge on any atom is 0.573 e. The molecule has 178 valence electrons. The van der Waals surface area contributed by atoms with Gasteiger partial charge in [0.25, 0.3) is 5.91 Å². The molecule has 0 atom stereocenters. The first-order valence-corrected chi connectivity index (χ1v) is 10.1. The van der Waals surface area contributed by atoms with Crippen LogP contribution < -0.4 is 15.4 Å². The zero-order valence-electron chi connectivity index (χ0n) is 17.6. The highest BCUT2D eigenvalue weighted by Crippen LogP contribution is 2.29. The van der Waals surface area contributed by atoms with Crippen molar-refractivity contribution in [1.82, 2.24) is 19.9 Å². The van der Waals surface area contributed by atoms with Gasteiger partial charge in [-0.2, -0.15) is 4.98 Å². The number of alkyl halides is 3. The third-order valence-electron chi connectivity index (χ3n) is 5.27. The lowest BCUT2D eigenvalue weighted by Crippen LogP contribution is -2.56. The number of carbonyl (C=O) groups excluding carboxylic acids is 1. The van der Waals surface area contributed by atoms with Crippen LogP contribution in [0.3, 0.4) is 0 Å². The Morgan fingerprint density at radius 3 is 2.71 bits per heavy atom. The van der Waals surface area contributed by atoms with Crippen molar-refractivity contribution >= 4 is 40.0 Å². The van der Waals surface area contributed by atoms with Gasteiger partial charge in [0.15, 0.2) is 5.58 Å². The number of imidazole rings is 1. The third-order valence-corrected chi connectivity index (χ3v) is 5.27. The van der Waals surface area contributed by atoms with Gasteiger partial charge in [-0.3, -0.25) is 10.1 Å². The summed E-state index contributed by atoms with van der Waals surface area (Å²) in [6.07, 6.45) is -4.82. The number of carbonyl (C=O) groups is 1. The van der Waals surface area contributed by atoms with Gasteiger partial charge in [0, 0.05) is 18.7 Å². The Morgan fingerprint density at radius 1 is 1.21 bits per heavy atom. The highest BCUT2D eigenvalue weighted by molar-refractivity contribution is 5.97. The van der Waals surface area contributed by atoms with Crippen molar-refractivity contribution in [2.45, 2.75) is 12.0 Å². The van der Waals surface area contributed by atoms with E-state index in [0.29, 0.717) is 28.1 Å². The zero-order valence-corrected chi connectivity index (χ0v) is 17.6. The van der Waals surface area contributed by atoms with E-state index in [0.717, 1.165) is 12.1 Å². The Labute approximate surface area is 189 Å². The number of hydrogen-bond donors (Lipinski definition) is 3. The number of halogens is 3. The van der Waals surface area contributed by atoms with Gasteiger partial charge in [-0.15, -0.1) is 13.2 Å². The van der Waals surface area contributed by atoms with Crippen molar-refractivity contribution in [2.24, 2.45) is 7.05 Å². The summed E-state index contributed by atoms with van der Waals surface area (Å²) in [5.41, 5.74) is 0.970. The summed E-state index contributed by atoms with van der Waals surface area (Å²) in [6, 6.07) is 8.54. The summed E-state index contributed by atoms with van der Waals surface area (Å²) in [7, 11) is 1.74. The minimum atomic E-state index is -4.82. The van der Waals surface area contributed by atoms with Gasteiger partial charge in [0.2, 0.25) is 5.95 Å². The first-order valence-electron chi connectivity index (χ1n) is 10.1. The zero-order chi connectivity index (χ0) is 24.1. The summed E-state index contributed by atoms with van der Waals surface area (Å²) >= 11 is 0. The van der Waals surface area contributed by atoms with Crippen molar-refractivity contribution in [1.29, 1.82) is 0 Å². The van der Waals surface area contributed by atoms with Crippen molar-refractivity contribution in [2.75, 3.05) is 25.1 Å². The molecule has 1 amide bonds. The lowest BCUT2D eigenvalue weighted by Gasteiger charge is -2.36. The molecule has 2 aromatic carbocycles. The minimum Gasteiger partial charge on any atom is -0.423 e. The van der Waals surface area contributed by atoms with Crippen LogP contribution in [0, 0.1) is 0 Å². The smallest absolute Gasteiger partial charge is 0.423 e. The highest BCUT2D eigenvalue weighted by atomic mass is 19.4. The number of benzene rings is 2. The molecule has 3 N–H and O–H groups in total. The summed E-state index contributed by atoms with van der Waals surface area (Å²) in [4.78, 5) is 21.1. The predicted molar refractivity (Wildman–Crippen MR) is 113 cm³/mol. The summed E-state index contributed by atoms with van der Waals surface area (Å²) in [5.74, 6) is -0.446. The van der Waals surface area contributed by atoms with E-state index < -0.39 is 17.7 Å². The van der Waals surface area contributed by atoms with Crippen LogP contribution in [-0.4, -0.2) is 57.3 Å². The van der Waals surface area contributed by atoms with Crippen LogP contribution in [0.4, 0.5) is 25.1 Å². The van der Waals surface area contributed by atoms with E-state index in [4.69, 9.17) is 9.15 Å². The molecule has 0 spiro atoms. The maximum atomic E-state index is 12.5. The van der Waals surface area contributed by atoms with Gasteiger partial charge in [-0.1, -0.05) is 0 Å². The number of aliphatic hydroxyl groups is 1. The molecule has 13 heteroatoms. The van der Waals surface area contributed by atoms with Crippen LogP contribution in [0.5, 0.6) is 5.75 Å². The standard InChI is InChI=1S/C21H18F3N5O5/c1-29-15-5-2-11(17(30)25-8-20(31)9-32-10-20)6-14(15)26-18(29)28-19-27-13-4-3-12(7-16(13)33-19)34-21(22,23)24/h2-7,31H,8-10H2,1H3,(H,25,30)(H,26,27,28). The number of rotatable bonds is 6. The Bertz CT molecular complexity index is 1390. The summed E-state index contributed by atoms with van der Waals surface area (Å²) in [5, 5.41) is 15.6. The van der Waals surface area contributed by atoms with E-state index in [9.17, 15) is 23.1 Å². The second kappa shape index (κ2) is 7.88. The molecule has 5 rings (SSSR count). The quantitative estimate of drug-likeness (QED) is 0.387. The molecule has 1 aliphatic heterocycles. The van der Waals surface area contributed by atoms with E-state index in [1.54, 1.807) is 29.8 Å². The highest BCUT2D eigenvalue weighted by Gasteiger charge is 2.36. The molecule has 1 fully saturated rings. The van der Waals surface area contributed by atoms with Crippen LogP contribution in [0.1, 0.15) is 10.4 Å². The normalized spacial score (nSPS) is 15.3. The van der Waals surface area contributed by atoms with Crippen LogP contribution >= 0.6 is 0 Å². The molecular formula is C21H18F3N5O5. The third kappa shape index (κ3) is 4.34. The fraction of sp³-hybridized carbons (Fsp3) is 0.286. The van der Waals surface area contributed by atoms with Crippen LogP contribution in [0.25, 0.3) is 22.1 Å². The fourth-order valence-corrected chi connectivity index (χ4v) is 3.49. The van der Waals surface area contributed by atoms with Gasteiger partial charge in [-0.05, 0) is 30.3 Å². The monoisotopic (exact) mass is 477 g/mol. The molecule has 0 bridgehead atoms. The molecule has 3 heterocycles. The van der Waals surface area contributed by atoms with Crippen molar-refractivity contribution in [3.63, 3.8) is 0 Å². The molecular weight excluding hydrogens is 459 g/mol. The Morgan fingerprint density at radius 2 is 2.00 bits per heavy atom. The number of nitrogens with zero attached hydrogens (tertiary/aromatic N) is 3. The number of ether oxygens (including phenoxy) is 2. The van der Waals surface area contributed by atoms with Crippen LogP contribution in [0.15, 0.2) is 40.8 Å². The van der Waals surface area contributed by atoms with Crippen molar-refractivity contribution < 1.29 is 37.0 Å². The molecule has 0 unspecified atom stereocenters.